The predicted molar refractivity (Wildman–Crippen MR) is 112 cm³/mol. The van der Waals surface area contributed by atoms with Crippen LogP contribution in [0.3, 0.4) is 0 Å². The van der Waals surface area contributed by atoms with E-state index >= 15 is 0 Å². The SMILES string of the molecule is CC1=C(C)C(=O)C(CCCOc2ccc(/C=C3\SC(=O)NC3=O)cc2)=C(C)C1=O.[H-].[Na+]. The van der Waals surface area contributed by atoms with Gasteiger partial charge in [-0.2, -0.15) is 0 Å². The number of hydrogen-bond acceptors (Lipinski definition) is 6. The number of allylic oxidation sites excluding steroid dienone is 4. The summed E-state index contributed by atoms with van der Waals surface area (Å²) in [6.07, 6.45) is 2.75. The molecule has 1 aliphatic carbocycles. The maximum Gasteiger partial charge on any atom is 1.00 e. The molecule has 0 spiro atoms. The minimum absolute atomic E-state index is 0. The molecule has 1 N–H and O–H groups in total. The Morgan fingerprint density at radius 1 is 0.967 bits per heavy atom. The van der Waals surface area contributed by atoms with Crippen LogP contribution in [0, 0.1) is 0 Å². The second-order valence-electron chi connectivity index (χ2n) is 6.89. The van der Waals surface area contributed by atoms with Crippen LogP contribution in [0.2, 0.25) is 0 Å². The molecule has 3 rings (SSSR count). The fourth-order valence-corrected chi connectivity index (χ4v) is 3.81. The zero-order valence-corrected chi connectivity index (χ0v) is 20.3. The van der Waals surface area contributed by atoms with Crippen LogP contribution in [0.15, 0.2) is 51.5 Å². The zero-order valence-electron chi connectivity index (χ0n) is 18.5. The molecule has 0 atom stereocenters. The summed E-state index contributed by atoms with van der Waals surface area (Å²) in [5, 5.41) is 1.84. The number of thioether (sulfide) groups is 1. The molecule has 152 valence electrons. The number of ether oxygens (including phenoxy) is 1. The number of nitrogens with one attached hydrogen (secondary N) is 1. The van der Waals surface area contributed by atoms with Gasteiger partial charge in [0.25, 0.3) is 11.1 Å². The average molecular weight is 435 g/mol. The van der Waals surface area contributed by atoms with Gasteiger partial charge in [-0.15, -0.1) is 0 Å². The number of benzene rings is 1. The Hall–Kier alpha value is -1.93. The molecule has 0 radical (unpaired) electrons. The molecule has 8 heteroatoms. The number of hydrogen-bond donors (Lipinski definition) is 1. The van der Waals surface area contributed by atoms with Crippen LogP contribution in [-0.2, 0) is 14.4 Å². The van der Waals surface area contributed by atoms with Crippen molar-refractivity contribution in [1.82, 2.24) is 5.32 Å². The van der Waals surface area contributed by atoms with E-state index in [0.717, 1.165) is 17.3 Å². The van der Waals surface area contributed by atoms with Crippen molar-refractivity contribution in [3.05, 3.63) is 57.0 Å². The number of amides is 2. The van der Waals surface area contributed by atoms with Crippen LogP contribution >= 0.6 is 11.8 Å². The summed E-state index contributed by atoms with van der Waals surface area (Å²) in [5.74, 6) is 0.166. The van der Waals surface area contributed by atoms with E-state index in [-0.39, 0.29) is 53.7 Å². The maximum atomic E-state index is 12.4. The van der Waals surface area contributed by atoms with Gasteiger partial charge in [-0.25, -0.2) is 0 Å². The standard InChI is InChI=1S/C22H21NO5S.Na.H/c1-12-13(2)20(25)17(14(3)19(12)24)5-4-10-28-16-8-6-15(7-9-16)11-18-21(26)23-22(27)29-18;;/h6-9,11H,4-5,10H2,1-3H3,(H,23,26,27);;/q;+1;-1/b18-11-;;. The van der Waals surface area contributed by atoms with Crippen molar-refractivity contribution in [1.29, 1.82) is 0 Å². The van der Waals surface area contributed by atoms with E-state index in [1.165, 1.54) is 0 Å². The van der Waals surface area contributed by atoms with Crippen molar-refractivity contribution >= 4 is 40.6 Å². The summed E-state index contributed by atoms with van der Waals surface area (Å²) in [6, 6.07) is 7.15. The van der Waals surface area contributed by atoms with Crippen LogP contribution in [0.4, 0.5) is 4.79 Å². The van der Waals surface area contributed by atoms with Crippen molar-refractivity contribution in [2.45, 2.75) is 33.6 Å². The van der Waals surface area contributed by atoms with E-state index in [1.54, 1.807) is 51.1 Å². The van der Waals surface area contributed by atoms with Gasteiger partial charge in [0.2, 0.25) is 0 Å². The van der Waals surface area contributed by atoms with E-state index in [4.69, 9.17) is 4.74 Å². The van der Waals surface area contributed by atoms with Gasteiger partial charge in [-0.05, 0) is 69.1 Å². The molecule has 1 aliphatic heterocycles. The molecule has 2 aliphatic rings. The van der Waals surface area contributed by atoms with Gasteiger partial charge < -0.3 is 6.16 Å². The molecule has 1 fully saturated rings. The van der Waals surface area contributed by atoms with Gasteiger partial charge >= 0.3 is 29.6 Å². The predicted octanol–water partition coefficient (Wildman–Crippen LogP) is 1.09. The van der Waals surface area contributed by atoms with Crippen LogP contribution < -0.4 is 39.6 Å². The summed E-state index contributed by atoms with van der Waals surface area (Å²) in [7, 11) is 0. The first-order valence-electron chi connectivity index (χ1n) is 9.22. The molecule has 0 bridgehead atoms. The summed E-state index contributed by atoms with van der Waals surface area (Å²) < 4.78 is 5.72. The Kier molecular flexibility index (Phi) is 8.43. The van der Waals surface area contributed by atoms with Gasteiger partial charge in [0.15, 0.2) is 11.6 Å². The topological polar surface area (TPSA) is 89.5 Å². The first-order chi connectivity index (χ1) is 13.8. The quantitative estimate of drug-likeness (QED) is 0.312. The second-order valence-corrected chi connectivity index (χ2v) is 7.90. The number of carbonyl (C=O) groups is 4. The third-order valence-electron chi connectivity index (χ3n) is 4.97. The minimum atomic E-state index is -0.388. The Bertz CT molecular complexity index is 1010. The van der Waals surface area contributed by atoms with E-state index in [1.807, 2.05) is 0 Å². The molecule has 1 heterocycles. The van der Waals surface area contributed by atoms with Crippen molar-refractivity contribution < 1.29 is 54.9 Å². The molecule has 2 amide bonds. The average Bonchev–Trinajstić information content (AvgIpc) is 3.02. The Labute approximate surface area is 203 Å². The minimum Gasteiger partial charge on any atom is -1.00 e. The van der Waals surface area contributed by atoms with Gasteiger partial charge in [-0.3, -0.25) is 24.5 Å². The maximum absolute atomic E-state index is 12.4. The van der Waals surface area contributed by atoms with Crippen molar-refractivity contribution in [3.8, 4) is 5.75 Å². The number of Topliss-reactive ketones (excluding diaryl/α,β-unsaturated/α-hetero) is 2. The molecule has 6 nitrogen and oxygen atoms in total. The molecular formula is C22H22NNaO5S. The molecule has 1 aromatic carbocycles. The van der Waals surface area contributed by atoms with Gasteiger partial charge in [0, 0.05) is 22.3 Å². The van der Waals surface area contributed by atoms with Gasteiger partial charge in [-0.1, -0.05) is 12.1 Å². The largest absolute Gasteiger partial charge is 1.00 e. The molecule has 0 saturated carbocycles. The third kappa shape index (κ3) is 5.40. The summed E-state index contributed by atoms with van der Waals surface area (Å²) in [4.78, 5) is 47.7. The van der Waals surface area contributed by atoms with Crippen molar-refractivity contribution in [2.75, 3.05) is 6.61 Å². The van der Waals surface area contributed by atoms with Crippen LogP contribution in [0.5, 0.6) is 5.75 Å². The fraction of sp³-hybridized carbons (Fsp3) is 0.273. The Morgan fingerprint density at radius 2 is 1.60 bits per heavy atom. The third-order valence-corrected chi connectivity index (χ3v) is 5.78. The Balaban J connectivity index is 0.00000240. The van der Waals surface area contributed by atoms with E-state index in [2.05, 4.69) is 5.32 Å². The molecular weight excluding hydrogens is 413 g/mol. The smallest absolute Gasteiger partial charge is 1.00 e. The van der Waals surface area contributed by atoms with E-state index in [0.29, 0.717) is 52.4 Å². The fourth-order valence-electron chi connectivity index (χ4n) is 3.13. The Morgan fingerprint density at radius 3 is 2.20 bits per heavy atom. The van der Waals surface area contributed by atoms with Crippen LogP contribution in [-0.4, -0.2) is 29.3 Å². The first kappa shape index (κ1) is 24.3. The van der Waals surface area contributed by atoms with Crippen molar-refractivity contribution in [2.24, 2.45) is 0 Å². The number of rotatable bonds is 6. The van der Waals surface area contributed by atoms with Gasteiger partial charge in [0.1, 0.15) is 5.75 Å². The first-order valence-corrected chi connectivity index (χ1v) is 10.0. The molecule has 1 aromatic rings. The van der Waals surface area contributed by atoms with Crippen molar-refractivity contribution in [3.63, 3.8) is 0 Å². The monoisotopic (exact) mass is 435 g/mol. The summed E-state index contributed by atoms with van der Waals surface area (Å²) >= 11 is 0.875. The molecule has 0 aromatic heterocycles. The number of carbonyl (C=O) groups excluding carboxylic acids is 4. The van der Waals surface area contributed by atoms with Gasteiger partial charge in [0.05, 0.1) is 11.5 Å². The van der Waals surface area contributed by atoms with E-state index in [9.17, 15) is 19.2 Å². The molecule has 0 unspecified atom stereocenters. The summed E-state index contributed by atoms with van der Waals surface area (Å²) in [5.41, 5.74) is 2.94. The number of imide groups is 1. The number of ketones is 2. The zero-order chi connectivity index (χ0) is 21.1. The molecule has 1 saturated heterocycles. The normalized spacial score (nSPS) is 18.2. The van der Waals surface area contributed by atoms with Crippen LogP contribution in [0.1, 0.15) is 40.6 Å². The van der Waals surface area contributed by atoms with Crippen LogP contribution in [0.25, 0.3) is 6.08 Å². The van der Waals surface area contributed by atoms with E-state index < -0.39 is 0 Å². The second kappa shape index (κ2) is 10.4. The summed E-state index contributed by atoms with van der Waals surface area (Å²) in [6.45, 7) is 5.50. The molecule has 30 heavy (non-hydrogen) atoms.